The first-order chi connectivity index (χ1) is 16.2. The average Bonchev–Trinajstić information content (AvgIpc) is 2.93. The highest BCUT2D eigenvalue weighted by atomic mass is 19.4. The van der Waals surface area contributed by atoms with Gasteiger partial charge in [-0.2, -0.15) is 13.2 Å². The van der Waals surface area contributed by atoms with E-state index >= 15 is 0 Å². The van der Waals surface area contributed by atoms with Gasteiger partial charge in [0.25, 0.3) is 5.91 Å². The molecule has 1 aromatic rings. The Hall–Kier alpha value is -3.11. The van der Waals surface area contributed by atoms with Crippen LogP contribution in [0.15, 0.2) is 24.3 Å². The number of anilines is 1. The minimum Gasteiger partial charge on any atom is -0.332 e. The quantitative estimate of drug-likeness (QED) is 0.588. The van der Waals surface area contributed by atoms with E-state index in [9.17, 15) is 32.3 Å². The molecular formula is C24H31F3N4O4. The van der Waals surface area contributed by atoms with Crippen LogP contribution in [0.5, 0.6) is 0 Å². The van der Waals surface area contributed by atoms with Crippen LogP contribution in [0.4, 0.5) is 23.7 Å². The number of halogens is 3. The number of carbonyl (C=O) groups excluding carboxylic acids is 4. The highest BCUT2D eigenvalue weighted by Crippen LogP contribution is 2.46. The van der Waals surface area contributed by atoms with Crippen molar-refractivity contribution in [3.63, 3.8) is 0 Å². The second-order valence-corrected chi connectivity index (χ2v) is 10.3. The van der Waals surface area contributed by atoms with Crippen molar-refractivity contribution in [1.82, 2.24) is 15.1 Å². The summed E-state index contributed by atoms with van der Waals surface area (Å²) < 4.78 is 39.6. The molecule has 0 radical (unpaired) electrons. The smallest absolute Gasteiger partial charge is 0.332 e. The van der Waals surface area contributed by atoms with Crippen LogP contribution < -0.4 is 10.6 Å². The molecule has 1 heterocycles. The summed E-state index contributed by atoms with van der Waals surface area (Å²) in [5.74, 6) is -1.74. The van der Waals surface area contributed by atoms with Gasteiger partial charge in [0, 0.05) is 6.54 Å². The van der Waals surface area contributed by atoms with E-state index in [1.165, 1.54) is 12.1 Å². The van der Waals surface area contributed by atoms with Crippen molar-refractivity contribution in [1.29, 1.82) is 0 Å². The molecule has 1 saturated carbocycles. The van der Waals surface area contributed by atoms with Crippen LogP contribution >= 0.6 is 0 Å². The standard InChI is InChI=1S/C24H31F3N4O4/c1-5-30(12-18(32)28-17-9-7-6-8-16(17)24(25,26)27)19(33)13-31-20(34)23(29-21(31)35)11-15(2)10-22(3,4)14-23/h6-9,15H,5,10-14H2,1-4H3,(H,28,32)(H,29,35)/t15-,23+/m1/s1. The minimum absolute atomic E-state index is 0.0615. The van der Waals surface area contributed by atoms with Crippen LogP contribution in [-0.2, 0) is 20.6 Å². The molecule has 0 aromatic heterocycles. The first kappa shape index (κ1) is 26.5. The van der Waals surface area contributed by atoms with Crippen molar-refractivity contribution in [2.45, 2.75) is 58.7 Å². The number of nitrogens with one attached hydrogen (secondary N) is 2. The maximum atomic E-state index is 13.3. The predicted molar refractivity (Wildman–Crippen MR) is 122 cm³/mol. The minimum atomic E-state index is -4.66. The molecule has 1 aromatic carbocycles. The molecule has 1 aliphatic heterocycles. The molecule has 3 rings (SSSR count). The number of carbonyl (C=O) groups is 4. The van der Waals surface area contributed by atoms with Crippen molar-refractivity contribution in [2.24, 2.45) is 11.3 Å². The van der Waals surface area contributed by atoms with Gasteiger partial charge in [-0.25, -0.2) is 4.79 Å². The molecular weight excluding hydrogens is 465 g/mol. The second-order valence-electron chi connectivity index (χ2n) is 10.3. The highest BCUT2D eigenvalue weighted by Gasteiger charge is 2.56. The largest absolute Gasteiger partial charge is 0.418 e. The molecule has 0 unspecified atom stereocenters. The molecule has 1 aliphatic carbocycles. The monoisotopic (exact) mass is 496 g/mol. The lowest BCUT2D eigenvalue weighted by Crippen LogP contribution is -2.54. The van der Waals surface area contributed by atoms with E-state index in [0.29, 0.717) is 12.8 Å². The Balaban J connectivity index is 1.67. The number of hydrogen-bond donors (Lipinski definition) is 2. The number of nitrogens with zero attached hydrogens (tertiary/aromatic N) is 2. The van der Waals surface area contributed by atoms with Gasteiger partial charge in [-0.3, -0.25) is 19.3 Å². The van der Waals surface area contributed by atoms with Crippen LogP contribution in [-0.4, -0.2) is 58.7 Å². The van der Waals surface area contributed by atoms with Gasteiger partial charge in [-0.15, -0.1) is 0 Å². The molecule has 192 valence electrons. The summed E-state index contributed by atoms with van der Waals surface area (Å²) in [6.07, 6.45) is -2.82. The van der Waals surface area contributed by atoms with Gasteiger partial charge in [0.15, 0.2) is 0 Å². The lowest BCUT2D eigenvalue weighted by atomic mass is 9.64. The van der Waals surface area contributed by atoms with E-state index in [4.69, 9.17) is 0 Å². The number of imide groups is 1. The van der Waals surface area contributed by atoms with Crippen LogP contribution in [0.1, 0.15) is 52.5 Å². The van der Waals surface area contributed by atoms with Crippen LogP contribution in [0.3, 0.4) is 0 Å². The lowest BCUT2D eigenvalue weighted by Gasteiger charge is -2.43. The van der Waals surface area contributed by atoms with Crippen LogP contribution in [0, 0.1) is 11.3 Å². The third-order valence-corrected chi connectivity index (χ3v) is 6.49. The number of hydrogen-bond acceptors (Lipinski definition) is 4. The molecule has 1 spiro atoms. The summed E-state index contributed by atoms with van der Waals surface area (Å²) in [4.78, 5) is 53.2. The van der Waals surface area contributed by atoms with Gasteiger partial charge in [-0.05, 0) is 49.7 Å². The Morgan fingerprint density at radius 2 is 1.86 bits per heavy atom. The summed E-state index contributed by atoms with van der Waals surface area (Å²) in [7, 11) is 0. The SMILES string of the molecule is CCN(CC(=O)Nc1ccccc1C(F)(F)F)C(=O)CN1C(=O)N[C@]2(C[C@H](C)CC(C)(C)C2)C1=O. The third kappa shape index (κ3) is 5.76. The number of urea groups is 1. The van der Waals surface area contributed by atoms with Crippen molar-refractivity contribution in [3.05, 3.63) is 29.8 Å². The third-order valence-electron chi connectivity index (χ3n) is 6.49. The van der Waals surface area contributed by atoms with E-state index in [1.54, 1.807) is 6.92 Å². The molecule has 2 N–H and O–H groups in total. The normalized spacial score (nSPS) is 23.9. The topological polar surface area (TPSA) is 98.8 Å². The van der Waals surface area contributed by atoms with E-state index in [1.807, 2.05) is 20.8 Å². The highest BCUT2D eigenvalue weighted by molar-refractivity contribution is 6.09. The number of amides is 5. The van der Waals surface area contributed by atoms with Crippen molar-refractivity contribution in [2.75, 3.05) is 25.0 Å². The van der Waals surface area contributed by atoms with E-state index in [2.05, 4.69) is 10.6 Å². The fourth-order valence-corrected chi connectivity index (χ4v) is 5.46. The van der Waals surface area contributed by atoms with Gasteiger partial charge in [-0.1, -0.05) is 32.9 Å². The maximum absolute atomic E-state index is 13.3. The lowest BCUT2D eigenvalue weighted by molar-refractivity contribution is -0.141. The van der Waals surface area contributed by atoms with E-state index < -0.39 is 59.8 Å². The van der Waals surface area contributed by atoms with Gasteiger partial charge in [0.2, 0.25) is 11.8 Å². The number of likely N-dealkylation sites (N-methyl/N-ethyl adjacent to an activating group) is 1. The summed E-state index contributed by atoms with van der Waals surface area (Å²) in [6, 6.07) is 3.87. The Morgan fingerprint density at radius 1 is 1.20 bits per heavy atom. The van der Waals surface area contributed by atoms with Crippen LogP contribution in [0.25, 0.3) is 0 Å². The number of alkyl halides is 3. The summed E-state index contributed by atoms with van der Waals surface area (Å²) in [5.41, 5.74) is -2.65. The van der Waals surface area contributed by atoms with Gasteiger partial charge in [0.1, 0.15) is 12.1 Å². The molecule has 35 heavy (non-hydrogen) atoms. The maximum Gasteiger partial charge on any atom is 0.418 e. The predicted octanol–water partition coefficient (Wildman–Crippen LogP) is 3.63. The molecule has 2 fully saturated rings. The molecule has 5 amide bonds. The summed E-state index contributed by atoms with van der Waals surface area (Å²) in [5, 5.41) is 4.99. The Kier molecular flexibility index (Phi) is 7.19. The van der Waals surface area contributed by atoms with E-state index in [0.717, 1.165) is 28.4 Å². The molecule has 11 heteroatoms. The average molecular weight is 497 g/mol. The Morgan fingerprint density at radius 3 is 2.46 bits per heavy atom. The summed E-state index contributed by atoms with van der Waals surface area (Å²) in [6.45, 7) is 6.66. The van der Waals surface area contributed by atoms with Crippen molar-refractivity contribution < 1.29 is 32.3 Å². The van der Waals surface area contributed by atoms with Gasteiger partial charge in [0.05, 0.1) is 17.8 Å². The zero-order valence-electron chi connectivity index (χ0n) is 20.3. The zero-order valence-corrected chi connectivity index (χ0v) is 20.3. The number of rotatable bonds is 6. The fraction of sp³-hybridized carbons (Fsp3) is 0.583. The molecule has 8 nitrogen and oxygen atoms in total. The molecule has 2 atom stereocenters. The number of para-hydroxylation sites is 1. The molecule has 1 saturated heterocycles. The first-order valence-corrected chi connectivity index (χ1v) is 11.6. The van der Waals surface area contributed by atoms with Crippen molar-refractivity contribution in [3.8, 4) is 0 Å². The Labute approximate surface area is 202 Å². The fourth-order valence-electron chi connectivity index (χ4n) is 5.46. The summed E-state index contributed by atoms with van der Waals surface area (Å²) >= 11 is 0. The van der Waals surface area contributed by atoms with Crippen molar-refractivity contribution >= 4 is 29.4 Å². The Bertz CT molecular complexity index is 1030. The van der Waals surface area contributed by atoms with Gasteiger partial charge >= 0.3 is 12.2 Å². The van der Waals surface area contributed by atoms with Crippen LogP contribution in [0.2, 0.25) is 0 Å². The first-order valence-electron chi connectivity index (χ1n) is 11.6. The van der Waals surface area contributed by atoms with Gasteiger partial charge < -0.3 is 15.5 Å². The second kappa shape index (κ2) is 9.50. The molecule has 0 bridgehead atoms. The zero-order chi connectivity index (χ0) is 26.2. The number of benzene rings is 1. The van der Waals surface area contributed by atoms with E-state index in [-0.39, 0.29) is 17.9 Å². The molecule has 2 aliphatic rings.